The van der Waals surface area contributed by atoms with Crippen LogP contribution in [0.25, 0.3) is 0 Å². The van der Waals surface area contributed by atoms with Gasteiger partial charge in [0, 0.05) is 16.4 Å². The van der Waals surface area contributed by atoms with Gasteiger partial charge in [-0.1, -0.05) is 29.8 Å². The van der Waals surface area contributed by atoms with Crippen molar-refractivity contribution in [3.63, 3.8) is 0 Å². The minimum Gasteiger partial charge on any atom is -0.425 e. The van der Waals surface area contributed by atoms with Crippen molar-refractivity contribution in [1.82, 2.24) is 0 Å². The van der Waals surface area contributed by atoms with E-state index in [0.29, 0.717) is 22.0 Å². The molecule has 0 spiro atoms. The monoisotopic (exact) mass is 410 g/mol. The van der Waals surface area contributed by atoms with Gasteiger partial charge >= 0.3 is 5.97 Å². The Balaban J connectivity index is 1.76. The van der Waals surface area contributed by atoms with E-state index < -0.39 is 12.6 Å². The number of ether oxygens (including phenoxy) is 1. The summed E-state index contributed by atoms with van der Waals surface area (Å²) in [5.74, 6) is -0.772. The zero-order valence-corrected chi connectivity index (χ0v) is 16.4. The number of carbonyl (C=O) groups is 2. The lowest BCUT2D eigenvalue weighted by Gasteiger charge is -2.14. The molecular formula is C22H19ClN2O4. The largest absolute Gasteiger partial charge is 0.425 e. The molecule has 0 fully saturated rings. The first-order valence-electron chi connectivity index (χ1n) is 8.82. The van der Waals surface area contributed by atoms with E-state index in [4.69, 9.17) is 21.4 Å². The first kappa shape index (κ1) is 20.4. The van der Waals surface area contributed by atoms with E-state index >= 15 is 0 Å². The average Bonchev–Trinajstić information content (AvgIpc) is 2.73. The van der Waals surface area contributed by atoms with Gasteiger partial charge in [-0.2, -0.15) is 0 Å². The molecule has 3 aromatic carbocycles. The Morgan fingerprint density at radius 2 is 1.66 bits per heavy atom. The summed E-state index contributed by atoms with van der Waals surface area (Å²) < 4.78 is 4.89. The molecule has 0 saturated heterocycles. The predicted molar refractivity (Wildman–Crippen MR) is 113 cm³/mol. The molecule has 7 heteroatoms. The van der Waals surface area contributed by atoms with Crippen LogP contribution in [0.1, 0.15) is 15.9 Å². The third-order valence-corrected chi connectivity index (χ3v) is 4.59. The van der Waals surface area contributed by atoms with E-state index in [0.717, 1.165) is 11.3 Å². The molecule has 0 heterocycles. The number of aliphatic hydroxyl groups excluding tert-OH is 1. The van der Waals surface area contributed by atoms with Gasteiger partial charge in [0.1, 0.15) is 12.4 Å². The van der Waals surface area contributed by atoms with E-state index in [1.807, 2.05) is 37.3 Å². The van der Waals surface area contributed by atoms with Gasteiger partial charge in [0.15, 0.2) is 0 Å². The number of halogens is 1. The molecule has 0 radical (unpaired) electrons. The van der Waals surface area contributed by atoms with Crippen LogP contribution in [-0.4, -0.2) is 23.6 Å². The van der Waals surface area contributed by atoms with E-state index in [-0.39, 0.29) is 11.7 Å². The molecule has 0 aliphatic heterocycles. The number of rotatable bonds is 6. The number of carbonyl (C=O) groups excluding carboxylic acids is 2. The lowest BCUT2D eigenvalue weighted by Crippen LogP contribution is -2.14. The lowest BCUT2D eigenvalue weighted by atomic mass is 10.1. The number of esters is 1. The quantitative estimate of drug-likeness (QED) is 0.410. The standard InChI is InChI=1S/C22H19ClN2O4/c1-14-18(23)6-4-8-19(14)25-20-7-3-2-5-17(20)22(28)24-15-9-11-16(12-10-15)29-21(27)13-26/h2-12,25-26H,13H2,1H3,(H,24,28). The summed E-state index contributed by atoms with van der Waals surface area (Å²) in [6, 6.07) is 19.0. The number of hydrogen-bond acceptors (Lipinski definition) is 5. The van der Waals surface area contributed by atoms with Crippen molar-refractivity contribution in [2.75, 3.05) is 17.2 Å². The second kappa shape index (κ2) is 9.23. The van der Waals surface area contributed by atoms with E-state index in [1.54, 1.807) is 24.3 Å². The third-order valence-electron chi connectivity index (χ3n) is 4.18. The molecular weight excluding hydrogens is 392 g/mol. The molecule has 3 rings (SSSR count). The van der Waals surface area contributed by atoms with E-state index in [9.17, 15) is 9.59 Å². The first-order valence-corrected chi connectivity index (χ1v) is 9.20. The van der Waals surface area contributed by atoms with Crippen molar-refractivity contribution in [3.8, 4) is 5.75 Å². The van der Waals surface area contributed by atoms with Crippen LogP contribution < -0.4 is 15.4 Å². The average molecular weight is 411 g/mol. The molecule has 0 bridgehead atoms. The lowest BCUT2D eigenvalue weighted by molar-refractivity contribution is -0.137. The zero-order valence-electron chi connectivity index (χ0n) is 15.6. The summed E-state index contributed by atoms with van der Waals surface area (Å²) >= 11 is 6.18. The smallest absolute Gasteiger partial charge is 0.337 e. The second-order valence-corrected chi connectivity index (χ2v) is 6.60. The molecule has 0 aliphatic carbocycles. The van der Waals surface area contributed by atoms with Crippen LogP contribution >= 0.6 is 11.6 Å². The van der Waals surface area contributed by atoms with Crippen LogP contribution in [0, 0.1) is 6.92 Å². The van der Waals surface area contributed by atoms with Crippen molar-refractivity contribution in [3.05, 3.63) is 82.9 Å². The van der Waals surface area contributed by atoms with Crippen LogP contribution in [0.2, 0.25) is 5.02 Å². The molecule has 0 atom stereocenters. The number of nitrogens with one attached hydrogen (secondary N) is 2. The van der Waals surface area contributed by atoms with E-state index in [1.165, 1.54) is 12.1 Å². The Hall–Kier alpha value is -3.35. The molecule has 29 heavy (non-hydrogen) atoms. The van der Waals surface area contributed by atoms with Crippen molar-refractivity contribution in [2.24, 2.45) is 0 Å². The van der Waals surface area contributed by atoms with Crippen molar-refractivity contribution in [1.29, 1.82) is 0 Å². The molecule has 0 unspecified atom stereocenters. The predicted octanol–water partition coefficient (Wildman–Crippen LogP) is 4.54. The number of hydrogen-bond donors (Lipinski definition) is 3. The minimum atomic E-state index is -0.752. The van der Waals surface area contributed by atoms with Gasteiger partial charge in [-0.05, 0) is 61.0 Å². The second-order valence-electron chi connectivity index (χ2n) is 6.19. The number of aliphatic hydroxyl groups is 1. The fourth-order valence-electron chi connectivity index (χ4n) is 2.65. The van der Waals surface area contributed by atoms with Crippen molar-refractivity contribution < 1.29 is 19.4 Å². The summed E-state index contributed by atoms with van der Waals surface area (Å²) in [6.45, 7) is 1.20. The highest BCUT2D eigenvalue weighted by atomic mass is 35.5. The molecule has 3 aromatic rings. The molecule has 0 saturated carbocycles. The Morgan fingerprint density at radius 1 is 0.966 bits per heavy atom. The zero-order chi connectivity index (χ0) is 20.8. The van der Waals surface area contributed by atoms with Gasteiger partial charge in [-0.15, -0.1) is 0 Å². The van der Waals surface area contributed by atoms with Gasteiger partial charge in [-0.25, -0.2) is 4.79 Å². The highest BCUT2D eigenvalue weighted by Crippen LogP contribution is 2.28. The molecule has 1 amide bonds. The van der Waals surface area contributed by atoms with Gasteiger partial charge in [-0.3, -0.25) is 4.79 Å². The van der Waals surface area contributed by atoms with Gasteiger partial charge < -0.3 is 20.5 Å². The van der Waals surface area contributed by atoms with Gasteiger partial charge in [0.05, 0.1) is 11.3 Å². The van der Waals surface area contributed by atoms with Gasteiger partial charge in [0.25, 0.3) is 5.91 Å². The van der Waals surface area contributed by atoms with Crippen LogP contribution in [0.4, 0.5) is 17.1 Å². The number of para-hydroxylation sites is 1. The minimum absolute atomic E-state index is 0.278. The van der Waals surface area contributed by atoms with Crippen LogP contribution in [0.3, 0.4) is 0 Å². The normalized spacial score (nSPS) is 10.3. The Kier molecular flexibility index (Phi) is 6.49. The van der Waals surface area contributed by atoms with Crippen LogP contribution in [0.5, 0.6) is 5.75 Å². The number of benzene rings is 3. The van der Waals surface area contributed by atoms with Crippen LogP contribution in [0.15, 0.2) is 66.7 Å². The molecule has 3 N–H and O–H groups in total. The van der Waals surface area contributed by atoms with Gasteiger partial charge in [0.2, 0.25) is 0 Å². The summed E-state index contributed by atoms with van der Waals surface area (Å²) in [5.41, 5.74) is 3.34. The van der Waals surface area contributed by atoms with Crippen LogP contribution in [-0.2, 0) is 4.79 Å². The summed E-state index contributed by atoms with van der Waals surface area (Å²) in [5, 5.41) is 15.4. The third kappa shape index (κ3) is 5.13. The van der Waals surface area contributed by atoms with Crippen molar-refractivity contribution >= 4 is 40.5 Å². The maximum atomic E-state index is 12.8. The van der Waals surface area contributed by atoms with E-state index in [2.05, 4.69) is 10.6 Å². The Labute approximate surface area is 173 Å². The molecule has 0 aromatic heterocycles. The van der Waals surface area contributed by atoms with Crippen molar-refractivity contribution in [2.45, 2.75) is 6.92 Å². The first-order chi connectivity index (χ1) is 14.0. The molecule has 6 nitrogen and oxygen atoms in total. The maximum Gasteiger partial charge on any atom is 0.337 e. The molecule has 0 aliphatic rings. The molecule has 148 valence electrons. The highest BCUT2D eigenvalue weighted by Gasteiger charge is 2.13. The highest BCUT2D eigenvalue weighted by molar-refractivity contribution is 6.31. The topological polar surface area (TPSA) is 87.7 Å². The fraction of sp³-hybridized carbons (Fsp3) is 0.0909. The maximum absolute atomic E-state index is 12.8. The Bertz CT molecular complexity index is 1040. The fourth-order valence-corrected chi connectivity index (χ4v) is 2.82. The summed E-state index contributed by atoms with van der Waals surface area (Å²) in [7, 11) is 0. The SMILES string of the molecule is Cc1c(Cl)cccc1Nc1ccccc1C(=O)Nc1ccc(OC(=O)CO)cc1. The number of anilines is 3. The summed E-state index contributed by atoms with van der Waals surface area (Å²) in [4.78, 5) is 23.9. The number of amides is 1. The Morgan fingerprint density at radius 3 is 2.38 bits per heavy atom. The summed E-state index contributed by atoms with van der Waals surface area (Å²) in [6.07, 6.45) is 0.